The number of alkyl halides is 1. The molecule has 1 aromatic carbocycles. The Bertz CT molecular complexity index is 271. The molecule has 1 aromatic rings. The molecule has 0 saturated heterocycles. The summed E-state index contributed by atoms with van der Waals surface area (Å²) in [5, 5.41) is 0.329. The molecule has 1 atom stereocenters. The van der Waals surface area contributed by atoms with E-state index in [2.05, 4.69) is 39.0 Å². The fraction of sp³-hybridized carbons (Fsp3) is 0.538. The van der Waals surface area contributed by atoms with E-state index in [1.807, 2.05) is 0 Å². The van der Waals surface area contributed by atoms with E-state index >= 15 is 0 Å². The van der Waals surface area contributed by atoms with Gasteiger partial charge in [0.05, 0.1) is 0 Å². The van der Waals surface area contributed by atoms with E-state index in [4.69, 9.17) is 11.6 Å². The second kappa shape index (κ2) is 5.41. The van der Waals surface area contributed by atoms with Crippen LogP contribution in [0.5, 0.6) is 0 Å². The van der Waals surface area contributed by atoms with Crippen molar-refractivity contribution in [1.82, 2.24) is 0 Å². The van der Waals surface area contributed by atoms with Crippen molar-refractivity contribution in [2.24, 2.45) is 0 Å². The first-order chi connectivity index (χ1) is 6.61. The fourth-order valence-electron chi connectivity index (χ4n) is 1.74. The van der Waals surface area contributed by atoms with Crippen LogP contribution in [-0.2, 0) is 6.42 Å². The summed E-state index contributed by atoms with van der Waals surface area (Å²) in [6.07, 6.45) is 3.25. The number of aryl methyl sites for hydroxylation is 3. The number of halogens is 1. The summed E-state index contributed by atoms with van der Waals surface area (Å²) in [5.41, 5.74) is 4.12. The van der Waals surface area contributed by atoms with Gasteiger partial charge in [-0.2, -0.15) is 0 Å². The van der Waals surface area contributed by atoms with Crippen molar-refractivity contribution >= 4 is 11.6 Å². The second-order valence-corrected chi connectivity index (χ2v) is 4.66. The molecule has 0 spiro atoms. The Kier molecular flexibility index (Phi) is 4.47. The van der Waals surface area contributed by atoms with Crippen LogP contribution in [0.15, 0.2) is 18.2 Å². The van der Waals surface area contributed by atoms with E-state index in [1.54, 1.807) is 0 Å². The molecule has 0 amide bonds. The van der Waals surface area contributed by atoms with Gasteiger partial charge in [-0.25, -0.2) is 0 Å². The molecular weight excluding hydrogens is 192 g/mol. The van der Waals surface area contributed by atoms with Crippen LogP contribution in [0, 0.1) is 13.8 Å². The minimum Gasteiger partial charge on any atom is -0.123 e. The van der Waals surface area contributed by atoms with Crippen molar-refractivity contribution in [3.8, 4) is 0 Å². The number of hydrogen-bond donors (Lipinski definition) is 0. The molecule has 1 rings (SSSR count). The van der Waals surface area contributed by atoms with Gasteiger partial charge in [-0.1, -0.05) is 36.2 Å². The van der Waals surface area contributed by atoms with Crippen LogP contribution in [0.2, 0.25) is 0 Å². The predicted octanol–water partition coefficient (Wildman–Crippen LogP) is 4.25. The van der Waals surface area contributed by atoms with Gasteiger partial charge >= 0.3 is 0 Å². The molecule has 0 saturated carbocycles. The molecule has 0 aliphatic carbocycles. The highest BCUT2D eigenvalue weighted by molar-refractivity contribution is 6.20. The molecule has 0 N–H and O–H groups in total. The SMILES string of the molecule is CCC(Cl)CCc1cc(C)cc(C)c1. The first-order valence-corrected chi connectivity index (χ1v) is 5.76. The number of hydrogen-bond acceptors (Lipinski definition) is 0. The first-order valence-electron chi connectivity index (χ1n) is 5.33. The zero-order valence-electron chi connectivity index (χ0n) is 9.31. The topological polar surface area (TPSA) is 0 Å². The Balaban J connectivity index is 2.58. The van der Waals surface area contributed by atoms with Crippen LogP contribution in [0.1, 0.15) is 36.5 Å². The zero-order chi connectivity index (χ0) is 10.6. The Morgan fingerprint density at radius 3 is 2.21 bits per heavy atom. The van der Waals surface area contributed by atoms with Gasteiger partial charge in [-0.15, -0.1) is 11.6 Å². The van der Waals surface area contributed by atoms with Crippen LogP contribution in [0.4, 0.5) is 0 Å². The maximum Gasteiger partial charge on any atom is 0.0336 e. The first kappa shape index (κ1) is 11.6. The monoisotopic (exact) mass is 210 g/mol. The number of rotatable bonds is 4. The highest BCUT2D eigenvalue weighted by atomic mass is 35.5. The summed E-state index contributed by atoms with van der Waals surface area (Å²) in [7, 11) is 0. The lowest BCUT2D eigenvalue weighted by atomic mass is 10.0. The molecule has 14 heavy (non-hydrogen) atoms. The Hall–Kier alpha value is -0.490. The Morgan fingerprint density at radius 1 is 1.14 bits per heavy atom. The van der Waals surface area contributed by atoms with E-state index in [9.17, 15) is 0 Å². The van der Waals surface area contributed by atoms with E-state index in [0.29, 0.717) is 5.38 Å². The van der Waals surface area contributed by atoms with Gasteiger partial charge in [0.1, 0.15) is 0 Å². The van der Waals surface area contributed by atoms with Crippen LogP contribution in [0.3, 0.4) is 0 Å². The van der Waals surface area contributed by atoms with E-state index in [1.165, 1.54) is 16.7 Å². The Morgan fingerprint density at radius 2 is 1.71 bits per heavy atom. The number of benzene rings is 1. The van der Waals surface area contributed by atoms with Gasteiger partial charge in [0, 0.05) is 5.38 Å². The van der Waals surface area contributed by atoms with Crippen LogP contribution in [0.25, 0.3) is 0 Å². The minimum atomic E-state index is 0.329. The predicted molar refractivity (Wildman–Crippen MR) is 64.2 cm³/mol. The molecule has 0 bridgehead atoms. The lowest BCUT2D eigenvalue weighted by Crippen LogP contribution is -1.99. The molecule has 78 valence electrons. The van der Waals surface area contributed by atoms with Gasteiger partial charge in [-0.05, 0) is 38.7 Å². The second-order valence-electron chi connectivity index (χ2n) is 4.04. The minimum absolute atomic E-state index is 0.329. The average Bonchev–Trinajstić information content (AvgIpc) is 2.12. The average molecular weight is 211 g/mol. The highest BCUT2D eigenvalue weighted by Crippen LogP contribution is 2.14. The van der Waals surface area contributed by atoms with Gasteiger partial charge in [0.15, 0.2) is 0 Å². The maximum absolute atomic E-state index is 6.09. The van der Waals surface area contributed by atoms with Crippen LogP contribution >= 0.6 is 11.6 Å². The van der Waals surface area contributed by atoms with Crippen molar-refractivity contribution in [3.05, 3.63) is 34.9 Å². The van der Waals surface area contributed by atoms with Crippen molar-refractivity contribution in [3.63, 3.8) is 0 Å². The summed E-state index contributed by atoms with van der Waals surface area (Å²) < 4.78 is 0. The van der Waals surface area contributed by atoms with Gasteiger partial charge in [-0.3, -0.25) is 0 Å². The molecule has 0 aromatic heterocycles. The summed E-state index contributed by atoms with van der Waals surface area (Å²) in [5.74, 6) is 0. The fourth-order valence-corrected chi connectivity index (χ4v) is 1.85. The van der Waals surface area contributed by atoms with E-state index in [-0.39, 0.29) is 0 Å². The molecule has 1 heteroatoms. The molecule has 0 heterocycles. The summed E-state index contributed by atoms with van der Waals surface area (Å²) >= 11 is 6.09. The normalized spacial score (nSPS) is 12.9. The van der Waals surface area contributed by atoms with Crippen molar-refractivity contribution in [1.29, 1.82) is 0 Å². The van der Waals surface area contributed by atoms with Crippen LogP contribution in [-0.4, -0.2) is 5.38 Å². The lowest BCUT2D eigenvalue weighted by molar-refractivity contribution is 0.726. The largest absolute Gasteiger partial charge is 0.123 e. The third-order valence-electron chi connectivity index (χ3n) is 2.47. The molecule has 0 aliphatic heterocycles. The van der Waals surface area contributed by atoms with Gasteiger partial charge < -0.3 is 0 Å². The molecule has 0 aliphatic rings. The Labute approximate surface area is 92.3 Å². The lowest BCUT2D eigenvalue weighted by Gasteiger charge is -2.07. The maximum atomic E-state index is 6.09. The van der Waals surface area contributed by atoms with Gasteiger partial charge in [0.25, 0.3) is 0 Å². The molecule has 0 fully saturated rings. The van der Waals surface area contributed by atoms with E-state index in [0.717, 1.165) is 19.3 Å². The zero-order valence-corrected chi connectivity index (χ0v) is 10.1. The molecule has 0 radical (unpaired) electrons. The summed E-state index contributed by atoms with van der Waals surface area (Å²) in [6.45, 7) is 6.43. The van der Waals surface area contributed by atoms with Crippen molar-refractivity contribution in [2.75, 3.05) is 0 Å². The van der Waals surface area contributed by atoms with Crippen molar-refractivity contribution in [2.45, 2.75) is 45.4 Å². The van der Waals surface area contributed by atoms with E-state index < -0.39 is 0 Å². The standard InChI is InChI=1S/C13H19Cl/c1-4-13(14)6-5-12-8-10(2)7-11(3)9-12/h7-9,13H,4-6H2,1-3H3. The molecule has 1 unspecified atom stereocenters. The quantitative estimate of drug-likeness (QED) is 0.652. The molecule has 0 nitrogen and oxygen atoms in total. The smallest absolute Gasteiger partial charge is 0.0336 e. The highest BCUT2D eigenvalue weighted by Gasteiger charge is 2.02. The van der Waals surface area contributed by atoms with Gasteiger partial charge in [0.2, 0.25) is 0 Å². The summed E-state index contributed by atoms with van der Waals surface area (Å²) in [6, 6.07) is 6.72. The van der Waals surface area contributed by atoms with Crippen LogP contribution < -0.4 is 0 Å². The van der Waals surface area contributed by atoms with Crippen molar-refractivity contribution < 1.29 is 0 Å². The summed E-state index contributed by atoms with van der Waals surface area (Å²) in [4.78, 5) is 0. The third-order valence-corrected chi connectivity index (χ3v) is 3.00. The molecular formula is C13H19Cl. The third kappa shape index (κ3) is 3.71.